The second-order valence-corrected chi connectivity index (χ2v) is 6.22. The summed E-state index contributed by atoms with van der Waals surface area (Å²) in [4.78, 5) is 12.1. The zero-order valence-electron chi connectivity index (χ0n) is 10.9. The molecule has 1 amide bonds. The maximum atomic E-state index is 12.1. The SMILES string of the molecule is CC(C)(O)C(C)(C)NC(=O)c1cc(Br)ccc1O. The number of carbonyl (C=O) groups is 1. The van der Waals surface area contributed by atoms with Crippen molar-refractivity contribution in [1.82, 2.24) is 5.32 Å². The number of nitrogens with one attached hydrogen (secondary N) is 1. The zero-order valence-corrected chi connectivity index (χ0v) is 12.5. The number of aromatic hydroxyl groups is 1. The number of phenolic OH excluding ortho intramolecular Hbond substituents is 1. The smallest absolute Gasteiger partial charge is 0.255 e. The lowest BCUT2D eigenvalue weighted by Gasteiger charge is -2.38. The number of phenols is 1. The molecular weight excluding hydrogens is 298 g/mol. The number of benzene rings is 1. The Morgan fingerprint density at radius 2 is 1.83 bits per heavy atom. The summed E-state index contributed by atoms with van der Waals surface area (Å²) in [5.41, 5.74) is -1.73. The summed E-state index contributed by atoms with van der Waals surface area (Å²) in [6.45, 7) is 6.68. The predicted octanol–water partition coefficient (Wildman–Crippen LogP) is 2.43. The predicted molar refractivity (Wildman–Crippen MR) is 73.6 cm³/mol. The summed E-state index contributed by atoms with van der Waals surface area (Å²) in [7, 11) is 0. The normalized spacial score (nSPS) is 12.3. The van der Waals surface area contributed by atoms with Crippen LogP contribution in [0.1, 0.15) is 38.1 Å². The van der Waals surface area contributed by atoms with Crippen LogP contribution in [0.25, 0.3) is 0 Å². The first-order valence-corrected chi connectivity index (χ1v) is 6.37. The van der Waals surface area contributed by atoms with E-state index >= 15 is 0 Å². The molecule has 5 heteroatoms. The lowest BCUT2D eigenvalue weighted by Crippen LogP contribution is -2.57. The number of rotatable bonds is 3. The van der Waals surface area contributed by atoms with Crippen LogP contribution in [0, 0.1) is 0 Å². The van der Waals surface area contributed by atoms with Gasteiger partial charge >= 0.3 is 0 Å². The minimum atomic E-state index is -1.08. The maximum absolute atomic E-state index is 12.1. The molecule has 0 fully saturated rings. The molecule has 1 rings (SSSR count). The Hall–Kier alpha value is -1.07. The molecule has 4 nitrogen and oxygen atoms in total. The van der Waals surface area contributed by atoms with Crippen molar-refractivity contribution in [2.24, 2.45) is 0 Å². The van der Waals surface area contributed by atoms with E-state index in [0.29, 0.717) is 4.47 Å². The summed E-state index contributed by atoms with van der Waals surface area (Å²) >= 11 is 3.24. The van der Waals surface area contributed by atoms with E-state index in [1.54, 1.807) is 33.8 Å². The molecule has 0 aromatic heterocycles. The van der Waals surface area contributed by atoms with Crippen LogP contribution in [0.4, 0.5) is 0 Å². The van der Waals surface area contributed by atoms with Gasteiger partial charge in [0, 0.05) is 4.47 Å². The second kappa shape index (κ2) is 4.90. The third-order valence-electron chi connectivity index (χ3n) is 3.16. The summed E-state index contributed by atoms with van der Waals surface area (Å²) in [6, 6.07) is 4.62. The average Bonchev–Trinajstić information content (AvgIpc) is 2.19. The molecule has 0 saturated heterocycles. The molecule has 0 saturated carbocycles. The third-order valence-corrected chi connectivity index (χ3v) is 3.65. The van der Waals surface area contributed by atoms with Crippen LogP contribution in [-0.2, 0) is 0 Å². The van der Waals surface area contributed by atoms with Crippen LogP contribution < -0.4 is 5.32 Å². The van der Waals surface area contributed by atoms with Crippen molar-refractivity contribution in [2.75, 3.05) is 0 Å². The van der Waals surface area contributed by atoms with Crippen LogP contribution in [0.2, 0.25) is 0 Å². The first-order valence-electron chi connectivity index (χ1n) is 5.58. The van der Waals surface area contributed by atoms with Gasteiger partial charge in [-0.05, 0) is 45.9 Å². The van der Waals surface area contributed by atoms with Crippen molar-refractivity contribution in [1.29, 1.82) is 0 Å². The minimum Gasteiger partial charge on any atom is -0.507 e. The van der Waals surface area contributed by atoms with Gasteiger partial charge in [-0.3, -0.25) is 4.79 Å². The summed E-state index contributed by atoms with van der Waals surface area (Å²) in [6.07, 6.45) is 0. The van der Waals surface area contributed by atoms with Gasteiger partial charge in [0.25, 0.3) is 5.91 Å². The van der Waals surface area contributed by atoms with Crippen molar-refractivity contribution in [2.45, 2.75) is 38.8 Å². The van der Waals surface area contributed by atoms with Gasteiger partial charge in [0.2, 0.25) is 0 Å². The van der Waals surface area contributed by atoms with E-state index in [4.69, 9.17) is 0 Å². The Labute approximate surface area is 115 Å². The fourth-order valence-electron chi connectivity index (χ4n) is 1.19. The monoisotopic (exact) mass is 315 g/mol. The summed E-state index contributed by atoms with van der Waals surface area (Å²) in [5.74, 6) is -0.525. The van der Waals surface area contributed by atoms with E-state index in [9.17, 15) is 15.0 Å². The van der Waals surface area contributed by atoms with Gasteiger partial charge in [0.05, 0.1) is 16.7 Å². The highest BCUT2D eigenvalue weighted by atomic mass is 79.9. The van der Waals surface area contributed by atoms with Crippen LogP contribution in [-0.4, -0.2) is 27.3 Å². The van der Waals surface area contributed by atoms with Gasteiger partial charge in [-0.2, -0.15) is 0 Å². The first kappa shape index (κ1) is 15.0. The third kappa shape index (κ3) is 3.23. The van der Waals surface area contributed by atoms with E-state index in [0.717, 1.165) is 0 Å². The molecule has 0 bridgehead atoms. The molecule has 0 heterocycles. The number of halogens is 1. The van der Waals surface area contributed by atoms with E-state index in [2.05, 4.69) is 21.2 Å². The quantitative estimate of drug-likeness (QED) is 0.802. The van der Waals surface area contributed by atoms with Crippen molar-refractivity contribution < 1.29 is 15.0 Å². The van der Waals surface area contributed by atoms with Gasteiger partial charge in [-0.1, -0.05) is 15.9 Å². The van der Waals surface area contributed by atoms with Gasteiger partial charge < -0.3 is 15.5 Å². The molecule has 0 aliphatic heterocycles. The van der Waals surface area contributed by atoms with Crippen molar-refractivity contribution in [3.63, 3.8) is 0 Å². The topological polar surface area (TPSA) is 69.6 Å². The van der Waals surface area contributed by atoms with Crippen molar-refractivity contribution in [3.05, 3.63) is 28.2 Å². The average molecular weight is 316 g/mol. The molecule has 3 N–H and O–H groups in total. The van der Waals surface area contributed by atoms with Gasteiger partial charge in [0.15, 0.2) is 0 Å². The minimum absolute atomic E-state index is 0.0951. The van der Waals surface area contributed by atoms with Crippen LogP contribution >= 0.6 is 15.9 Å². The highest BCUT2D eigenvalue weighted by molar-refractivity contribution is 9.10. The fourth-order valence-corrected chi connectivity index (χ4v) is 1.56. The fraction of sp³-hybridized carbons (Fsp3) is 0.462. The lowest BCUT2D eigenvalue weighted by molar-refractivity contribution is -0.00298. The Morgan fingerprint density at radius 3 is 2.33 bits per heavy atom. The highest BCUT2D eigenvalue weighted by Gasteiger charge is 2.36. The molecular formula is C13H18BrNO3. The number of amides is 1. The van der Waals surface area contributed by atoms with Crippen molar-refractivity contribution in [3.8, 4) is 5.75 Å². The van der Waals surface area contributed by atoms with Crippen LogP contribution in [0.15, 0.2) is 22.7 Å². The summed E-state index contributed by atoms with van der Waals surface area (Å²) < 4.78 is 0.700. The molecule has 18 heavy (non-hydrogen) atoms. The molecule has 100 valence electrons. The molecule has 1 aromatic rings. The van der Waals surface area contributed by atoms with Gasteiger partial charge in [-0.25, -0.2) is 0 Å². The highest BCUT2D eigenvalue weighted by Crippen LogP contribution is 2.25. The molecule has 1 aromatic carbocycles. The Kier molecular flexibility index (Phi) is 4.08. The molecule has 0 aliphatic rings. The molecule has 0 radical (unpaired) electrons. The second-order valence-electron chi connectivity index (χ2n) is 5.30. The number of carbonyl (C=O) groups excluding carboxylic acids is 1. The van der Waals surface area contributed by atoms with Gasteiger partial charge in [0.1, 0.15) is 5.75 Å². The van der Waals surface area contributed by atoms with E-state index < -0.39 is 17.0 Å². The van der Waals surface area contributed by atoms with E-state index in [-0.39, 0.29) is 11.3 Å². The maximum Gasteiger partial charge on any atom is 0.255 e. The largest absolute Gasteiger partial charge is 0.507 e. The van der Waals surface area contributed by atoms with Crippen LogP contribution in [0.5, 0.6) is 5.75 Å². The lowest BCUT2D eigenvalue weighted by atomic mass is 9.85. The number of hydrogen-bond acceptors (Lipinski definition) is 3. The first-order chi connectivity index (χ1) is 8.04. The molecule has 0 unspecified atom stereocenters. The standard InChI is InChI=1S/C13H18BrNO3/c1-12(2,13(3,4)18)15-11(17)9-7-8(14)5-6-10(9)16/h5-7,16,18H,1-4H3,(H,15,17). The number of aliphatic hydroxyl groups is 1. The Balaban J connectivity index is 3.00. The zero-order chi connectivity index (χ0) is 14.1. The van der Waals surface area contributed by atoms with Gasteiger partial charge in [-0.15, -0.1) is 0 Å². The van der Waals surface area contributed by atoms with E-state index in [1.165, 1.54) is 12.1 Å². The van der Waals surface area contributed by atoms with Crippen LogP contribution in [0.3, 0.4) is 0 Å². The Bertz CT molecular complexity index is 464. The van der Waals surface area contributed by atoms with E-state index in [1.807, 2.05) is 0 Å². The molecule has 0 atom stereocenters. The molecule has 0 spiro atoms. The summed E-state index contributed by atoms with van der Waals surface area (Å²) in [5, 5.41) is 22.4. The van der Waals surface area contributed by atoms with Crippen molar-refractivity contribution >= 4 is 21.8 Å². The molecule has 0 aliphatic carbocycles. The number of hydrogen-bond donors (Lipinski definition) is 3. The Morgan fingerprint density at radius 1 is 1.28 bits per heavy atom.